The molecule has 10 aromatic rings. The van der Waals surface area contributed by atoms with Gasteiger partial charge in [-0.05, 0) is 40.5 Å². The van der Waals surface area contributed by atoms with Crippen molar-refractivity contribution in [1.29, 1.82) is 0 Å². The van der Waals surface area contributed by atoms with E-state index in [1.165, 1.54) is 42.4 Å². The van der Waals surface area contributed by atoms with Gasteiger partial charge in [0.1, 0.15) is 0 Å². The molecule has 0 amide bonds. The molecule has 0 atom stereocenters. The third-order valence-electron chi connectivity index (χ3n) is 11.1. The molecule has 3 aromatic heterocycles. The molecule has 254 valence electrons. The Hall–Kier alpha value is -6.56. The zero-order valence-corrected chi connectivity index (χ0v) is 30.5. The number of nitrogens with zero attached hydrogens (tertiary/aromatic N) is 4. The van der Waals surface area contributed by atoms with Crippen LogP contribution in [0.5, 0.6) is 0 Å². The van der Waals surface area contributed by atoms with Crippen LogP contribution in [0.15, 0.2) is 158 Å². The van der Waals surface area contributed by atoms with Gasteiger partial charge in [0.15, 0.2) is 17.5 Å². The molecule has 0 fully saturated rings. The molecule has 5 heteroatoms. The predicted molar refractivity (Wildman–Crippen MR) is 225 cm³/mol. The first-order chi connectivity index (χ1) is 26.5. The van der Waals surface area contributed by atoms with Gasteiger partial charge in [-0.3, -0.25) is 0 Å². The van der Waals surface area contributed by atoms with E-state index in [0.717, 1.165) is 49.6 Å². The summed E-state index contributed by atoms with van der Waals surface area (Å²) in [4.78, 5) is 20.8. The van der Waals surface area contributed by atoms with Crippen molar-refractivity contribution in [2.24, 2.45) is 0 Å². The normalized spacial score (nSPS) is 13.1. The number of fused-ring (bicyclic) bond motifs is 10. The molecule has 1 aliphatic carbocycles. The van der Waals surface area contributed by atoms with E-state index in [1.807, 2.05) is 29.5 Å². The van der Waals surface area contributed by atoms with Crippen LogP contribution in [0.2, 0.25) is 0 Å². The van der Waals surface area contributed by atoms with E-state index >= 15 is 0 Å². The molecule has 0 radical (unpaired) electrons. The van der Waals surface area contributed by atoms with Gasteiger partial charge in [0.2, 0.25) is 0 Å². The standard InChI is InChI=1S/C49H32N4S/c1-49(2)38-21-11-9-18-32(38)37-28-31(24-27-39(37)49)47-51-46(30-16-7-4-8-17-30)52-48(53-47)36-20-13-23-41-42(36)35-26-25-34-43(45(35)54-41)33-19-10-12-22-40(33)50-44(34)29-14-5-3-6-15-29/h3-28H,1-2H3. The monoisotopic (exact) mass is 708 g/mol. The van der Waals surface area contributed by atoms with Gasteiger partial charge in [0.05, 0.1) is 11.2 Å². The van der Waals surface area contributed by atoms with Crippen LogP contribution in [0.25, 0.3) is 98.4 Å². The van der Waals surface area contributed by atoms with Crippen molar-refractivity contribution in [3.8, 4) is 56.5 Å². The number of hydrogen-bond acceptors (Lipinski definition) is 5. The minimum atomic E-state index is -0.0764. The maximum Gasteiger partial charge on any atom is 0.164 e. The fraction of sp³-hybridized carbons (Fsp3) is 0.0612. The van der Waals surface area contributed by atoms with Crippen molar-refractivity contribution in [1.82, 2.24) is 19.9 Å². The Bertz CT molecular complexity index is 3130. The summed E-state index contributed by atoms with van der Waals surface area (Å²) in [7, 11) is 0. The Morgan fingerprint density at radius 1 is 0.426 bits per heavy atom. The van der Waals surface area contributed by atoms with Gasteiger partial charge in [0, 0.05) is 64.0 Å². The first-order valence-corrected chi connectivity index (χ1v) is 19.1. The van der Waals surface area contributed by atoms with Crippen molar-refractivity contribution >= 4 is 53.2 Å². The van der Waals surface area contributed by atoms with Crippen LogP contribution in [0.4, 0.5) is 0 Å². The Morgan fingerprint density at radius 3 is 1.91 bits per heavy atom. The van der Waals surface area contributed by atoms with Crippen LogP contribution < -0.4 is 0 Å². The van der Waals surface area contributed by atoms with E-state index in [2.05, 4.69) is 153 Å². The topological polar surface area (TPSA) is 51.6 Å². The van der Waals surface area contributed by atoms with Gasteiger partial charge in [0.25, 0.3) is 0 Å². The number of para-hydroxylation sites is 1. The maximum absolute atomic E-state index is 5.29. The zero-order chi connectivity index (χ0) is 36.0. The number of benzene rings is 7. The molecule has 0 bridgehead atoms. The lowest BCUT2D eigenvalue weighted by Gasteiger charge is -2.21. The number of aromatic nitrogens is 4. The molecule has 0 saturated heterocycles. The molecule has 0 unspecified atom stereocenters. The van der Waals surface area contributed by atoms with Crippen LogP contribution in [-0.2, 0) is 5.41 Å². The summed E-state index contributed by atoms with van der Waals surface area (Å²) in [6.07, 6.45) is 0. The van der Waals surface area contributed by atoms with Crippen molar-refractivity contribution in [3.05, 3.63) is 169 Å². The largest absolute Gasteiger partial charge is 0.247 e. The second-order valence-electron chi connectivity index (χ2n) is 14.6. The average molecular weight is 709 g/mol. The fourth-order valence-electron chi connectivity index (χ4n) is 8.52. The van der Waals surface area contributed by atoms with E-state index in [1.54, 1.807) is 0 Å². The van der Waals surface area contributed by atoms with E-state index < -0.39 is 0 Å². The summed E-state index contributed by atoms with van der Waals surface area (Å²) < 4.78 is 2.43. The molecule has 1 aliphatic rings. The lowest BCUT2D eigenvalue weighted by atomic mass is 9.82. The predicted octanol–water partition coefficient (Wildman–Crippen LogP) is 12.9. The average Bonchev–Trinajstić information content (AvgIpc) is 3.73. The minimum absolute atomic E-state index is 0.0764. The minimum Gasteiger partial charge on any atom is -0.247 e. The summed E-state index contributed by atoms with van der Waals surface area (Å²) in [6, 6.07) is 55.7. The molecule has 3 heterocycles. The summed E-state index contributed by atoms with van der Waals surface area (Å²) >= 11 is 1.83. The molecule has 0 aliphatic heterocycles. The molecule has 0 saturated carbocycles. The van der Waals surface area contributed by atoms with Gasteiger partial charge in [-0.2, -0.15) is 0 Å². The first-order valence-electron chi connectivity index (χ1n) is 18.3. The van der Waals surface area contributed by atoms with Crippen molar-refractivity contribution in [2.45, 2.75) is 19.3 Å². The number of pyridine rings is 1. The van der Waals surface area contributed by atoms with Crippen LogP contribution in [0.3, 0.4) is 0 Å². The van der Waals surface area contributed by atoms with Crippen LogP contribution in [0.1, 0.15) is 25.0 Å². The highest BCUT2D eigenvalue weighted by atomic mass is 32.1. The lowest BCUT2D eigenvalue weighted by molar-refractivity contribution is 0.660. The van der Waals surface area contributed by atoms with E-state index in [9.17, 15) is 0 Å². The summed E-state index contributed by atoms with van der Waals surface area (Å²) in [5.41, 5.74) is 11.1. The second-order valence-corrected chi connectivity index (χ2v) is 15.6. The van der Waals surface area contributed by atoms with Crippen molar-refractivity contribution in [3.63, 3.8) is 0 Å². The highest BCUT2D eigenvalue weighted by Crippen LogP contribution is 2.50. The Balaban J connectivity index is 1.16. The maximum atomic E-state index is 5.29. The number of thiophene rings is 1. The fourth-order valence-corrected chi connectivity index (χ4v) is 9.81. The smallest absolute Gasteiger partial charge is 0.164 e. The summed E-state index contributed by atoms with van der Waals surface area (Å²) in [5.74, 6) is 1.98. The molecular weight excluding hydrogens is 677 g/mol. The Labute approximate surface area is 316 Å². The van der Waals surface area contributed by atoms with Crippen LogP contribution in [0, 0.1) is 0 Å². The molecule has 0 spiro atoms. The molecule has 4 nitrogen and oxygen atoms in total. The van der Waals surface area contributed by atoms with Gasteiger partial charge < -0.3 is 0 Å². The molecular formula is C49H32N4S. The highest BCUT2D eigenvalue weighted by Gasteiger charge is 2.35. The Morgan fingerprint density at radius 2 is 1.07 bits per heavy atom. The third kappa shape index (κ3) is 4.62. The summed E-state index contributed by atoms with van der Waals surface area (Å²) in [5, 5.41) is 5.87. The molecule has 0 N–H and O–H groups in total. The highest BCUT2D eigenvalue weighted by molar-refractivity contribution is 7.27. The molecule has 11 rings (SSSR count). The lowest BCUT2D eigenvalue weighted by Crippen LogP contribution is -2.14. The molecule has 7 aromatic carbocycles. The van der Waals surface area contributed by atoms with Gasteiger partial charge in [-0.25, -0.2) is 19.9 Å². The summed E-state index contributed by atoms with van der Waals surface area (Å²) in [6.45, 7) is 4.62. The van der Waals surface area contributed by atoms with E-state index in [4.69, 9.17) is 19.9 Å². The quantitative estimate of drug-likeness (QED) is 0.171. The SMILES string of the molecule is CC1(C)c2ccccc2-c2cc(-c3nc(-c4ccccc4)nc(-c4cccc5sc6c(ccc7c(-c8ccccc8)nc8ccccc8c76)c45)n3)ccc21. The molecule has 54 heavy (non-hydrogen) atoms. The second kappa shape index (κ2) is 11.7. The Kier molecular flexibility index (Phi) is 6.73. The third-order valence-corrected chi connectivity index (χ3v) is 12.3. The van der Waals surface area contributed by atoms with Crippen molar-refractivity contribution in [2.75, 3.05) is 0 Å². The number of rotatable bonds is 4. The van der Waals surface area contributed by atoms with Crippen LogP contribution in [-0.4, -0.2) is 19.9 Å². The van der Waals surface area contributed by atoms with Gasteiger partial charge in [-0.15, -0.1) is 11.3 Å². The first kappa shape index (κ1) is 31.0. The van der Waals surface area contributed by atoms with Gasteiger partial charge in [-0.1, -0.05) is 153 Å². The van der Waals surface area contributed by atoms with E-state index in [-0.39, 0.29) is 5.41 Å². The zero-order valence-electron chi connectivity index (χ0n) is 29.7. The van der Waals surface area contributed by atoms with E-state index in [0.29, 0.717) is 17.5 Å². The number of hydrogen-bond donors (Lipinski definition) is 0. The van der Waals surface area contributed by atoms with Crippen LogP contribution >= 0.6 is 11.3 Å². The van der Waals surface area contributed by atoms with Gasteiger partial charge >= 0.3 is 0 Å². The van der Waals surface area contributed by atoms with Crippen molar-refractivity contribution < 1.29 is 0 Å².